The highest BCUT2D eigenvalue weighted by Gasteiger charge is 2.00. The van der Waals surface area contributed by atoms with E-state index in [1.54, 1.807) is 6.20 Å². The zero-order valence-electron chi connectivity index (χ0n) is 7.74. The molecule has 0 saturated heterocycles. The number of hydrogen-bond acceptors (Lipinski definition) is 2. The molecule has 0 saturated carbocycles. The first-order valence-corrected chi connectivity index (χ1v) is 5.10. The quantitative estimate of drug-likeness (QED) is 0.725. The van der Waals surface area contributed by atoms with Gasteiger partial charge in [0.15, 0.2) is 5.82 Å². The van der Waals surface area contributed by atoms with Gasteiger partial charge in [0.2, 0.25) is 0 Å². The highest BCUT2D eigenvalue weighted by molar-refractivity contribution is 9.10. The van der Waals surface area contributed by atoms with Gasteiger partial charge in [-0.2, -0.15) is 0 Å². The summed E-state index contributed by atoms with van der Waals surface area (Å²) in [5.41, 5.74) is 2.26. The third-order valence-corrected chi connectivity index (χ3v) is 2.34. The molecule has 2 nitrogen and oxygen atoms in total. The van der Waals surface area contributed by atoms with Gasteiger partial charge in [-0.25, -0.2) is 9.97 Å². The largest absolute Gasteiger partial charge is 0.237 e. The fourth-order valence-corrected chi connectivity index (χ4v) is 1.55. The Kier molecular flexibility index (Phi) is 2.59. The monoisotopic (exact) mass is 248 g/mol. The van der Waals surface area contributed by atoms with Crippen molar-refractivity contribution in [2.75, 3.05) is 0 Å². The highest BCUT2D eigenvalue weighted by atomic mass is 79.9. The van der Waals surface area contributed by atoms with Crippen LogP contribution in [0.5, 0.6) is 0 Å². The van der Waals surface area contributed by atoms with Crippen molar-refractivity contribution in [3.8, 4) is 11.4 Å². The van der Waals surface area contributed by atoms with Crippen LogP contribution in [0, 0.1) is 6.92 Å². The van der Waals surface area contributed by atoms with Crippen LogP contribution in [0.3, 0.4) is 0 Å². The van der Waals surface area contributed by atoms with Gasteiger partial charge in [-0.15, -0.1) is 0 Å². The van der Waals surface area contributed by atoms with Crippen molar-refractivity contribution < 1.29 is 0 Å². The minimum absolute atomic E-state index is 0.753. The first kappa shape index (κ1) is 9.34. The Morgan fingerprint density at radius 1 is 1.21 bits per heavy atom. The zero-order valence-corrected chi connectivity index (χ0v) is 9.32. The van der Waals surface area contributed by atoms with Crippen LogP contribution in [0.15, 0.2) is 41.1 Å². The fraction of sp³-hybridized carbons (Fsp3) is 0.0909. The van der Waals surface area contributed by atoms with Gasteiger partial charge in [-0.3, -0.25) is 0 Å². The highest BCUT2D eigenvalue weighted by Crippen LogP contribution is 2.17. The molecule has 14 heavy (non-hydrogen) atoms. The first-order chi connectivity index (χ1) is 6.75. The van der Waals surface area contributed by atoms with Crippen molar-refractivity contribution in [3.05, 3.63) is 46.7 Å². The summed E-state index contributed by atoms with van der Waals surface area (Å²) in [6.07, 6.45) is 1.74. The number of aromatic nitrogens is 2. The van der Waals surface area contributed by atoms with Crippen molar-refractivity contribution in [2.45, 2.75) is 6.92 Å². The molecule has 70 valence electrons. The molecule has 0 aliphatic heterocycles. The minimum Gasteiger partial charge on any atom is -0.237 e. The summed E-state index contributed by atoms with van der Waals surface area (Å²) >= 11 is 3.33. The molecule has 0 unspecified atom stereocenters. The van der Waals surface area contributed by atoms with E-state index in [1.165, 1.54) is 5.56 Å². The van der Waals surface area contributed by atoms with E-state index < -0.39 is 0 Å². The van der Waals surface area contributed by atoms with E-state index >= 15 is 0 Å². The number of benzene rings is 1. The summed E-state index contributed by atoms with van der Waals surface area (Å²) in [6.45, 7) is 2.06. The maximum atomic E-state index is 4.29. The van der Waals surface area contributed by atoms with Crippen molar-refractivity contribution in [2.24, 2.45) is 0 Å². The Hall–Kier alpha value is -1.22. The second-order valence-corrected chi connectivity index (χ2v) is 3.88. The lowest BCUT2D eigenvalue weighted by molar-refractivity contribution is 1.15. The molecule has 1 aromatic heterocycles. The molecule has 0 aliphatic rings. The zero-order chi connectivity index (χ0) is 9.97. The lowest BCUT2D eigenvalue weighted by Gasteiger charge is -2.00. The van der Waals surface area contributed by atoms with Crippen LogP contribution in [0.25, 0.3) is 11.4 Å². The van der Waals surface area contributed by atoms with Gasteiger partial charge >= 0.3 is 0 Å². The number of nitrogens with zero attached hydrogens (tertiary/aromatic N) is 2. The van der Waals surface area contributed by atoms with Crippen LogP contribution in [0.2, 0.25) is 0 Å². The van der Waals surface area contributed by atoms with Gasteiger partial charge in [0, 0.05) is 11.8 Å². The molecule has 0 spiro atoms. The SMILES string of the molecule is Cc1cccc(-c2nccc(Br)n2)c1. The molecule has 3 heteroatoms. The Balaban J connectivity index is 2.49. The number of hydrogen-bond donors (Lipinski definition) is 0. The molecule has 0 fully saturated rings. The summed E-state index contributed by atoms with van der Waals surface area (Å²) in [5, 5.41) is 0. The predicted octanol–water partition coefficient (Wildman–Crippen LogP) is 3.21. The molecular formula is C11H9BrN2. The maximum absolute atomic E-state index is 4.29. The minimum atomic E-state index is 0.753. The average Bonchev–Trinajstić information content (AvgIpc) is 2.18. The van der Waals surface area contributed by atoms with Crippen molar-refractivity contribution in [1.29, 1.82) is 0 Å². The van der Waals surface area contributed by atoms with Gasteiger partial charge in [0.1, 0.15) is 4.60 Å². The Bertz CT molecular complexity index is 411. The van der Waals surface area contributed by atoms with Crippen LogP contribution in [-0.4, -0.2) is 9.97 Å². The smallest absolute Gasteiger partial charge is 0.160 e. The Labute approximate surface area is 91.2 Å². The van der Waals surface area contributed by atoms with Gasteiger partial charge in [0.25, 0.3) is 0 Å². The predicted molar refractivity (Wildman–Crippen MR) is 59.9 cm³/mol. The molecule has 0 atom stereocenters. The molecule has 1 aromatic carbocycles. The first-order valence-electron chi connectivity index (χ1n) is 4.31. The third kappa shape index (κ3) is 1.99. The Morgan fingerprint density at radius 2 is 2.07 bits per heavy atom. The molecule has 0 bridgehead atoms. The topological polar surface area (TPSA) is 25.8 Å². The molecule has 0 amide bonds. The van der Waals surface area contributed by atoms with E-state index in [9.17, 15) is 0 Å². The number of halogens is 1. The molecule has 0 N–H and O–H groups in total. The summed E-state index contributed by atoms with van der Waals surface area (Å²) in [5.74, 6) is 0.753. The number of aryl methyl sites for hydroxylation is 1. The van der Waals surface area contributed by atoms with Crippen molar-refractivity contribution in [1.82, 2.24) is 9.97 Å². The molecule has 2 rings (SSSR count). The Morgan fingerprint density at radius 3 is 2.79 bits per heavy atom. The standard InChI is InChI=1S/C11H9BrN2/c1-8-3-2-4-9(7-8)11-13-6-5-10(12)14-11/h2-7H,1H3. The van der Waals surface area contributed by atoms with E-state index in [2.05, 4.69) is 45.0 Å². The second kappa shape index (κ2) is 3.88. The van der Waals surface area contributed by atoms with E-state index in [4.69, 9.17) is 0 Å². The maximum Gasteiger partial charge on any atom is 0.160 e. The van der Waals surface area contributed by atoms with Crippen LogP contribution in [0.4, 0.5) is 0 Å². The van der Waals surface area contributed by atoms with Crippen molar-refractivity contribution >= 4 is 15.9 Å². The van der Waals surface area contributed by atoms with E-state index in [0.29, 0.717) is 0 Å². The van der Waals surface area contributed by atoms with Crippen molar-refractivity contribution in [3.63, 3.8) is 0 Å². The second-order valence-electron chi connectivity index (χ2n) is 3.07. The van der Waals surface area contributed by atoms with Gasteiger partial charge in [-0.1, -0.05) is 23.8 Å². The van der Waals surface area contributed by atoms with E-state index in [-0.39, 0.29) is 0 Å². The summed E-state index contributed by atoms with van der Waals surface area (Å²) in [4.78, 5) is 8.50. The number of rotatable bonds is 1. The van der Waals surface area contributed by atoms with E-state index in [0.717, 1.165) is 16.0 Å². The van der Waals surface area contributed by atoms with Crippen LogP contribution in [-0.2, 0) is 0 Å². The molecule has 2 aromatic rings. The van der Waals surface area contributed by atoms with Crippen LogP contribution >= 0.6 is 15.9 Å². The summed E-state index contributed by atoms with van der Waals surface area (Å²) < 4.78 is 0.809. The van der Waals surface area contributed by atoms with Gasteiger partial charge < -0.3 is 0 Å². The lowest BCUT2D eigenvalue weighted by Crippen LogP contribution is -1.88. The fourth-order valence-electron chi connectivity index (χ4n) is 1.26. The molecule has 0 aliphatic carbocycles. The molecule has 1 heterocycles. The van der Waals surface area contributed by atoms with Gasteiger partial charge in [0.05, 0.1) is 0 Å². The van der Waals surface area contributed by atoms with Crippen LogP contribution < -0.4 is 0 Å². The summed E-state index contributed by atoms with van der Waals surface area (Å²) in [7, 11) is 0. The van der Waals surface area contributed by atoms with E-state index in [1.807, 2.05) is 18.2 Å². The lowest BCUT2D eigenvalue weighted by atomic mass is 10.1. The van der Waals surface area contributed by atoms with Gasteiger partial charge in [-0.05, 0) is 35.0 Å². The molecular weight excluding hydrogens is 240 g/mol. The molecule has 0 radical (unpaired) electrons. The van der Waals surface area contributed by atoms with Crippen LogP contribution in [0.1, 0.15) is 5.56 Å². The normalized spacial score (nSPS) is 10.1. The average molecular weight is 249 g/mol. The summed E-state index contributed by atoms with van der Waals surface area (Å²) in [6, 6.07) is 9.96. The third-order valence-electron chi connectivity index (χ3n) is 1.90.